The van der Waals surface area contributed by atoms with Gasteiger partial charge in [-0.25, -0.2) is 0 Å². The minimum atomic E-state index is -3.81. The second kappa shape index (κ2) is 5.76. The highest BCUT2D eigenvalue weighted by molar-refractivity contribution is 7.85. The molecule has 6 nitrogen and oxygen atoms in total. The van der Waals surface area contributed by atoms with Gasteiger partial charge in [-0.2, -0.15) is 8.42 Å². The molecule has 0 amide bonds. The highest BCUT2D eigenvalue weighted by Crippen LogP contribution is 1.76. The van der Waals surface area contributed by atoms with Gasteiger partial charge in [-0.05, 0) is 0 Å². The standard InChI is InChI=1S/C8H18N2O4S/c11-7-5-9-1-3-10(4-2-9)6-8-15(12,13)14/h11H,1-8H2,(H,12,13,14)/p+2. The first-order valence-corrected chi connectivity index (χ1v) is 6.85. The first-order chi connectivity index (χ1) is 7.01. The molecular formula is C8H20N2O4S+2. The lowest BCUT2D eigenvalue weighted by molar-refractivity contribution is -1.01. The van der Waals surface area contributed by atoms with Crippen LogP contribution in [0.3, 0.4) is 0 Å². The van der Waals surface area contributed by atoms with Crippen molar-refractivity contribution in [3.05, 3.63) is 0 Å². The fourth-order valence-electron chi connectivity index (χ4n) is 1.89. The van der Waals surface area contributed by atoms with E-state index in [4.69, 9.17) is 9.66 Å². The maximum absolute atomic E-state index is 10.5. The van der Waals surface area contributed by atoms with Crippen molar-refractivity contribution in [1.29, 1.82) is 0 Å². The van der Waals surface area contributed by atoms with E-state index in [1.165, 1.54) is 9.80 Å². The molecule has 1 rings (SSSR count). The molecule has 0 spiro atoms. The van der Waals surface area contributed by atoms with Gasteiger partial charge in [-0.1, -0.05) is 0 Å². The summed E-state index contributed by atoms with van der Waals surface area (Å²) in [5.41, 5.74) is 0. The van der Waals surface area contributed by atoms with E-state index >= 15 is 0 Å². The van der Waals surface area contributed by atoms with E-state index in [-0.39, 0.29) is 12.4 Å². The Morgan fingerprint density at radius 3 is 1.87 bits per heavy atom. The largest absolute Gasteiger partial charge is 0.391 e. The Kier molecular flexibility index (Phi) is 4.94. The minimum absolute atomic E-state index is 0.155. The van der Waals surface area contributed by atoms with Crippen molar-refractivity contribution >= 4 is 10.1 Å². The summed E-state index contributed by atoms with van der Waals surface area (Å²) >= 11 is 0. The summed E-state index contributed by atoms with van der Waals surface area (Å²) in [6, 6.07) is 0. The molecular weight excluding hydrogens is 220 g/mol. The lowest BCUT2D eigenvalue weighted by Crippen LogP contribution is -3.28. The molecule has 0 bridgehead atoms. The second-order valence-electron chi connectivity index (χ2n) is 4.01. The molecule has 4 N–H and O–H groups in total. The van der Waals surface area contributed by atoms with Crippen LogP contribution >= 0.6 is 0 Å². The molecule has 0 aliphatic carbocycles. The summed E-state index contributed by atoms with van der Waals surface area (Å²) in [5, 5.41) is 8.75. The van der Waals surface area contributed by atoms with Crippen LogP contribution in [0, 0.1) is 0 Å². The molecule has 1 aliphatic heterocycles. The first-order valence-electron chi connectivity index (χ1n) is 5.24. The summed E-state index contributed by atoms with van der Waals surface area (Å²) < 4.78 is 29.7. The molecule has 1 fully saturated rings. The Hall–Kier alpha value is -0.210. The third-order valence-electron chi connectivity index (χ3n) is 2.84. The third-order valence-corrected chi connectivity index (χ3v) is 3.56. The molecule has 0 aromatic carbocycles. The molecule has 0 radical (unpaired) electrons. The molecule has 1 saturated heterocycles. The molecule has 1 aliphatic rings. The van der Waals surface area contributed by atoms with Crippen LogP contribution in [0.15, 0.2) is 0 Å². The highest BCUT2D eigenvalue weighted by atomic mass is 32.2. The Bertz CT molecular complexity index is 272. The highest BCUT2D eigenvalue weighted by Gasteiger charge is 2.23. The van der Waals surface area contributed by atoms with Crippen molar-refractivity contribution < 1.29 is 27.9 Å². The van der Waals surface area contributed by atoms with E-state index in [1.54, 1.807) is 0 Å². The SMILES string of the molecule is O=S(=O)(O)CC[NH+]1CC[NH+](CCO)CC1. The quantitative estimate of drug-likeness (QED) is 0.366. The van der Waals surface area contributed by atoms with E-state index in [1.807, 2.05) is 0 Å². The lowest BCUT2D eigenvalue weighted by Gasteiger charge is -2.28. The van der Waals surface area contributed by atoms with Gasteiger partial charge in [0.15, 0.2) is 0 Å². The minimum Gasteiger partial charge on any atom is -0.391 e. The molecule has 90 valence electrons. The molecule has 0 saturated carbocycles. The van der Waals surface area contributed by atoms with Crippen molar-refractivity contribution in [1.82, 2.24) is 0 Å². The summed E-state index contributed by atoms with van der Waals surface area (Å²) in [6.07, 6.45) is 0. The zero-order valence-corrected chi connectivity index (χ0v) is 9.59. The van der Waals surface area contributed by atoms with Crippen LogP contribution in [0.5, 0.6) is 0 Å². The third kappa shape index (κ3) is 5.43. The topological polar surface area (TPSA) is 83.5 Å². The van der Waals surface area contributed by atoms with Gasteiger partial charge in [-0.3, -0.25) is 4.55 Å². The van der Waals surface area contributed by atoms with Crippen molar-refractivity contribution in [3.63, 3.8) is 0 Å². The van der Waals surface area contributed by atoms with Crippen molar-refractivity contribution in [2.45, 2.75) is 0 Å². The van der Waals surface area contributed by atoms with E-state index in [0.29, 0.717) is 6.54 Å². The van der Waals surface area contributed by atoms with Crippen molar-refractivity contribution in [3.8, 4) is 0 Å². The van der Waals surface area contributed by atoms with Gasteiger partial charge < -0.3 is 14.9 Å². The summed E-state index contributed by atoms with van der Waals surface area (Å²) in [7, 11) is -3.81. The number of hydrogen-bond acceptors (Lipinski definition) is 3. The molecule has 1 heterocycles. The normalized spacial score (nSPS) is 27.9. The fourth-order valence-corrected chi connectivity index (χ4v) is 2.44. The van der Waals surface area contributed by atoms with Crippen LogP contribution in [0.25, 0.3) is 0 Å². The number of aliphatic hydroxyl groups is 1. The van der Waals surface area contributed by atoms with E-state index in [2.05, 4.69) is 0 Å². The average Bonchev–Trinajstić information content (AvgIpc) is 2.16. The number of hydrogen-bond donors (Lipinski definition) is 4. The van der Waals surface area contributed by atoms with Crippen molar-refractivity contribution in [2.24, 2.45) is 0 Å². The van der Waals surface area contributed by atoms with Gasteiger partial charge in [0, 0.05) is 0 Å². The molecule has 0 aromatic rings. The summed E-state index contributed by atoms with van der Waals surface area (Å²) in [6.45, 7) is 5.19. The summed E-state index contributed by atoms with van der Waals surface area (Å²) in [4.78, 5) is 2.59. The first kappa shape index (κ1) is 12.9. The Labute approximate surface area is 90.2 Å². The number of quaternary nitrogens is 2. The maximum Gasteiger partial charge on any atom is 0.270 e. The predicted molar refractivity (Wildman–Crippen MR) is 54.6 cm³/mol. The maximum atomic E-state index is 10.5. The van der Waals surface area contributed by atoms with Gasteiger partial charge in [0.1, 0.15) is 38.5 Å². The number of aliphatic hydroxyl groups excluding tert-OH is 1. The number of rotatable bonds is 5. The molecule has 0 unspecified atom stereocenters. The van der Waals surface area contributed by atoms with Gasteiger partial charge in [0.2, 0.25) is 0 Å². The lowest BCUT2D eigenvalue weighted by atomic mass is 10.3. The second-order valence-corrected chi connectivity index (χ2v) is 5.58. The van der Waals surface area contributed by atoms with Crippen molar-refractivity contribution in [2.75, 3.05) is 51.6 Å². The average molecular weight is 240 g/mol. The van der Waals surface area contributed by atoms with E-state index < -0.39 is 10.1 Å². The van der Waals surface area contributed by atoms with Crippen LogP contribution in [0.1, 0.15) is 0 Å². The van der Waals surface area contributed by atoms with E-state index in [0.717, 1.165) is 32.7 Å². The van der Waals surface area contributed by atoms with Crippen LogP contribution in [-0.2, 0) is 10.1 Å². The Morgan fingerprint density at radius 1 is 1.00 bits per heavy atom. The van der Waals surface area contributed by atoms with Gasteiger partial charge in [0.25, 0.3) is 10.1 Å². The summed E-state index contributed by atoms with van der Waals surface area (Å²) in [5.74, 6) is -0.155. The molecule has 0 aromatic heterocycles. The molecule has 15 heavy (non-hydrogen) atoms. The monoisotopic (exact) mass is 240 g/mol. The van der Waals surface area contributed by atoms with Crippen LogP contribution in [0.2, 0.25) is 0 Å². The van der Waals surface area contributed by atoms with Crippen LogP contribution in [0.4, 0.5) is 0 Å². The number of piperazine rings is 1. The van der Waals surface area contributed by atoms with Gasteiger partial charge in [0.05, 0.1) is 13.2 Å². The number of nitrogens with one attached hydrogen (secondary N) is 2. The van der Waals surface area contributed by atoms with Gasteiger partial charge in [-0.15, -0.1) is 0 Å². The zero-order valence-electron chi connectivity index (χ0n) is 8.78. The Morgan fingerprint density at radius 2 is 1.47 bits per heavy atom. The van der Waals surface area contributed by atoms with Gasteiger partial charge >= 0.3 is 0 Å². The molecule has 0 atom stereocenters. The predicted octanol–water partition coefficient (Wildman–Crippen LogP) is -4.35. The zero-order chi connectivity index (χ0) is 11.3. The smallest absolute Gasteiger partial charge is 0.270 e. The fraction of sp³-hybridized carbons (Fsp3) is 1.00. The van der Waals surface area contributed by atoms with E-state index in [9.17, 15) is 8.42 Å². The molecule has 7 heteroatoms. The van der Waals surface area contributed by atoms with Crippen LogP contribution < -0.4 is 9.80 Å². The van der Waals surface area contributed by atoms with Crippen LogP contribution in [-0.4, -0.2) is 69.7 Å². The Balaban J connectivity index is 2.20.